The average molecular weight is 300 g/mol. The molecule has 0 aliphatic heterocycles. The van der Waals surface area contributed by atoms with E-state index in [1.165, 1.54) is 7.11 Å². The second-order valence-corrected chi connectivity index (χ2v) is 5.73. The molecule has 0 aromatic heterocycles. The molecule has 112 valence electrons. The zero-order chi connectivity index (χ0) is 15.3. The van der Waals surface area contributed by atoms with Crippen LogP contribution < -0.4 is 14.8 Å². The number of carbonyl (C=O) groups excluding carboxylic acids is 1. The van der Waals surface area contributed by atoms with E-state index in [2.05, 4.69) is 5.32 Å². The molecule has 0 unspecified atom stereocenters. The first-order valence-electron chi connectivity index (χ1n) is 6.66. The van der Waals surface area contributed by atoms with Crippen LogP contribution in [0, 0.1) is 5.92 Å². The quantitative estimate of drug-likeness (QED) is 0.874. The summed E-state index contributed by atoms with van der Waals surface area (Å²) in [6.07, 6.45) is 0. The molecule has 0 saturated heterocycles. The number of carbonyl (C=O) groups is 1. The summed E-state index contributed by atoms with van der Waals surface area (Å²) in [7, 11) is 1.53. The van der Waals surface area contributed by atoms with Crippen LogP contribution in [0.2, 0.25) is 5.02 Å². The molecule has 0 fully saturated rings. The molecule has 5 heteroatoms. The van der Waals surface area contributed by atoms with Crippen molar-refractivity contribution in [2.75, 3.05) is 13.7 Å². The highest BCUT2D eigenvalue weighted by Crippen LogP contribution is 2.36. The molecule has 20 heavy (non-hydrogen) atoms. The smallest absolute Gasteiger partial charge is 0.251 e. The molecule has 0 aliphatic rings. The Morgan fingerprint density at radius 2 is 1.95 bits per heavy atom. The molecular weight excluding hydrogens is 278 g/mol. The van der Waals surface area contributed by atoms with Crippen LogP contribution in [0.15, 0.2) is 12.1 Å². The van der Waals surface area contributed by atoms with Crippen molar-refractivity contribution in [3.8, 4) is 11.5 Å². The predicted octanol–water partition coefficient (Wildman–Crippen LogP) is 3.52. The van der Waals surface area contributed by atoms with E-state index in [0.717, 1.165) is 0 Å². The van der Waals surface area contributed by atoms with Gasteiger partial charge in [0.05, 0.1) is 18.7 Å². The molecule has 1 N–H and O–H groups in total. The fourth-order valence-corrected chi connectivity index (χ4v) is 1.85. The van der Waals surface area contributed by atoms with Crippen molar-refractivity contribution in [1.29, 1.82) is 0 Å². The van der Waals surface area contributed by atoms with Gasteiger partial charge in [-0.1, -0.05) is 25.4 Å². The summed E-state index contributed by atoms with van der Waals surface area (Å²) < 4.78 is 10.9. The highest BCUT2D eigenvalue weighted by molar-refractivity contribution is 6.32. The van der Waals surface area contributed by atoms with Gasteiger partial charge in [0.15, 0.2) is 11.5 Å². The van der Waals surface area contributed by atoms with Crippen molar-refractivity contribution >= 4 is 17.5 Å². The van der Waals surface area contributed by atoms with Crippen LogP contribution in [0.4, 0.5) is 0 Å². The molecule has 4 nitrogen and oxygen atoms in total. The van der Waals surface area contributed by atoms with E-state index in [1.54, 1.807) is 12.1 Å². The van der Waals surface area contributed by atoms with Gasteiger partial charge in [-0.3, -0.25) is 4.79 Å². The average Bonchev–Trinajstić information content (AvgIpc) is 2.35. The fraction of sp³-hybridized carbons (Fsp3) is 0.533. The number of nitrogens with one attached hydrogen (secondary N) is 1. The molecule has 1 aromatic carbocycles. The Balaban J connectivity index is 3.03. The lowest BCUT2D eigenvalue weighted by Crippen LogP contribution is -2.30. The largest absolute Gasteiger partial charge is 0.493 e. The molecule has 1 rings (SSSR count). The van der Waals surface area contributed by atoms with E-state index in [9.17, 15) is 4.79 Å². The lowest BCUT2D eigenvalue weighted by molar-refractivity contribution is 0.0942. The first kappa shape index (κ1) is 16.6. The van der Waals surface area contributed by atoms with Gasteiger partial charge < -0.3 is 14.8 Å². The fourth-order valence-electron chi connectivity index (χ4n) is 1.59. The number of hydrogen-bond acceptors (Lipinski definition) is 3. The molecule has 0 bridgehead atoms. The molecule has 0 atom stereocenters. The summed E-state index contributed by atoms with van der Waals surface area (Å²) in [5.41, 5.74) is 0.456. The van der Waals surface area contributed by atoms with Crippen molar-refractivity contribution in [2.24, 2.45) is 5.92 Å². The third-order valence-corrected chi connectivity index (χ3v) is 2.75. The number of benzene rings is 1. The van der Waals surface area contributed by atoms with Crippen LogP contribution in [0.5, 0.6) is 11.5 Å². The number of methoxy groups -OCH3 is 1. The maximum Gasteiger partial charge on any atom is 0.251 e. The summed E-state index contributed by atoms with van der Waals surface area (Å²) in [6.45, 7) is 8.43. The highest BCUT2D eigenvalue weighted by atomic mass is 35.5. The Morgan fingerprint density at radius 1 is 1.30 bits per heavy atom. The van der Waals surface area contributed by atoms with Crippen LogP contribution >= 0.6 is 11.6 Å². The summed E-state index contributed by atoms with van der Waals surface area (Å²) >= 11 is 6.19. The first-order valence-corrected chi connectivity index (χ1v) is 7.04. The van der Waals surface area contributed by atoms with Gasteiger partial charge in [-0.25, -0.2) is 0 Å². The number of amides is 1. The third-order valence-electron chi connectivity index (χ3n) is 2.47. The van der Waals surface area contributed by atoms with Gasteiger partial charge >= 0.3 is 0 Å². The van der Waals surface area contributed by atoms with Crippen molar-refractivity contribution in [3.05, 3.63) is 22.7 Å². The van der Waals surface area contributed by atoms with Crippen LogP contribution in [0.25, 0.3) is 0 Å². The van der Waals surface area contributed by atoms with E-state index >= 15 is 0 Å². The highest BCUT2D eigenvalue weighted by Gasteiger charge is 2.16. The van der Waals surface area contributed by atoms with Gasteiger partial charge in [0.1, 0.15) is 0 Å². The Hall–Kier alpha value is -1.42. The van der Waals surface area contributed by atoms with Crippen molar-refractivity contribution in [2.45, 2.75) is 33.7 Å². The van der Waals surface area contributed by atoms with Crippen molar-refractivity contribution < 1.29 is 14.3 Å². The Labute approximate surface area is 125 Å². The maximum atomic E-state index is 12.0. The maximum absolute atomic E-state index is 12.0. The van der Waals surface area contributed by atoms with Gasteiger partial charge in [-0.05, 0) is 31.9 Å². The molecule has 0 saturated carbocycles. The lowest BCUT2D eigenvalue weighted by Gasteiger charge is -2.16. The van der Waals surface area contributed by atoms with Gasteiger partial charge in [0, 0.05) is 11.6 Å². The van der Waals surface area contributed by atoms with E-state index in [0.29, 0.717) is 34.6 Å². The molecule has 0 heterocycles. The summed E-state index contributed by atoms with van der Waals surface area (Å²) in [5, 5.41) is 3.19. The van der Waals surface area contributed by atoms with Crippen LogP contribution in [0.3, 0.4) is 0 Å². The second kappa shape index (κ2) is 7.39. The van der Waals surface area contributed by atoms with Gasteiger partial charge in [0.25, 0.3) is 5.91 Å². The third kappa shape index (κ3) is 4.60. The number of halogens is 1. The normalized spacial score (nSPS) is 10.8. The van der Waals surface area contributed by atoms with Crippen LogP contribution in [-0.2, 0) is 0 Å². The minimum atomic E-state index is -0.185. The zero-order valence-corrected chi connectivity index (χ0v) is 13.4. The number of hydrogen-bond donors (Lipinski definition) is 1. The summed E-state index contributed by atoms with van der Waals surface area (Å²) in [4.78, 5) is 12.0. The molecular formula is C15H22ClNO3. The minimum Gasteiger partial charge on any atom is -0.493 e. The molecule has 0 spiro atoms. The Bertz CT molecular complexity index is 472. The van der Waals surface area contributed by atoms with Gasteiger partial charge in [-0.15, -0.1) is 0 Å². The second-order valence-electron chi connectivity index (χ2n) is 5.32. The topological polar surface area (TPSA) is 47.6 Å². The Morgan fingerprint density at radius 3 is 2.45 bits per heavy atom. The summed E-state index contributed by atoms with van der Waals surface area (Å²) in [6, 6.07) is 3.29. The molecule has 0 aliphatic carbocycles. The first-order chi connectivity index (χ1) is 9.35. The van der Waals surface area contributed by atoms with E-state index in [1.807, 2.05) is 27.7 Å². The standard InChI is InChI=1S/C15H22ClNO3/c1-9(2)8-20-14-12(16)6-11(7-13(14)19-5)15(18)17-10(3)4/h6-7,9-10H,8H2,1-5H3,(H,17,18). The minimum absolute atomic E-state index is 0.0594. The monoisotopic (exact) mass is 299 g/mol. The molecule has 0 radical (unpaired) electrons. The SMILES string of the molecule is COc1cc(C(=O)NC(C)C)cc(Cl)c1OCC(C)C. The van der Waals surface area contributed by atoms with E-state index in [-0.39, 0.29) is 11.9 Å². The molecule has 1 amide bonds. The van der Waals surface area contributed by atoms with Crippen LogP contribution in [0.1, 0.15) is 38.1 Å². The molecule has 1 aromatic rings. The lowest BCUT2D eigenvalue weighted by atomic mass is 10.1. The van der Waals surface area contributed by atoms with E-state index < -0.39 is 0 Å². The van der Waals surface area contributed by atoms with Crippen molar-refractivity contribution in [3.63, 3.8) is 0 Å². The van der Waals surface area contributed by atoms with Crippen molar-refractivity contribution in [1.82, 2.24) is 5.32 Å². The van der Waals surface area contributed by atoms with Gasteiger partial charge in [-0.2, -0.15) is 0 Å². The van der Waals surface area contributed by atoms with Gasteiger partial charge in [0.2, 0.25) is 0 Å². The zero-order valence-electron chi connectivity index (χ0n) is 12.6. The summed E-state index contributed by atoms with van der Waals surface area (Å²) in [5.74, 6) is 1.13. The number of rotatable bonds is 6. The Kier molecular flexibility index (Phi) is 6.14. The van der Waals surface area contributed by atoms with Crippen LogP contribution in [-0.4, -0.2) is 25.7 Å². The van der Waals surface area contributed by atoms with E-state index in [4.69, 9.17) is 21.1 Å². The number of ether oxygens (including phenoxy) is 2. The predicted molar refractivity (Wildman–Crippen MR) is 80.9 cm³/mol.